The normalized spacial score (nSPS) is 16.4. The molecule has 3 nitrogen and oxygen atoms in total. The minimum absolute atomic E-state index is 0.412. The van der Waals surface area contributed by atoms with Gasteiger partial charge in [0.05, 0.1) is 11.1 Å². The predicted molar refractivity (Wildman–Crippen MR) is 70.9 cm³/mol. The molecule has 0 radical (unpaired) electrons. The van der Waals surface area contributed by atoms with Crippen LogP contribution in [0.2, 0.25) is 0 Å². The van der Waals surface area contributed by atoms with Crippen molar-refractivity contribution >= 4 is 16.9 Å². The van der Waals surface area contributed by atoms with Gasteiger partial charge in [-0.05, 0) is 30.9 Å². The van der Waals surface area contributed by atoms with Crippen molar-refractivity contribution in [3.63, 3.8) is 0 Å². The highest BCUT2D eigenvalue weighted by Gasteiger charge is 2.18. The largest absolute Gasteiger partial charge is 0.478 e. The summed E-state index contributed by atoms with van der Waals surface area (Å²) in [6.45, 7) is 0.952. The number of fused-ring (bicyclic) bond motifs is 1. The Hall–Kier alpha value is -1.77. The highest BCUT2D eigenvalue weighted by atomic mass is 16.4. The number of para-hydroxylation sites is 1. The maximum Gasteiger partial charge on any atom is 0.337 e. The fourth-order valence-electron chi connectivity index (χ4n) is 3.06. The van der Waals surface area contributed by atoms with E-state index >= 15 is 0 Å². The van der Waals surface area contributed by atoms with Crippen LogP contribution in [0.5, 0.6) is 0 Å². The highest BCUT2D eigenvalue weighted by Crippen LogP contribution is 2.28. The number of aromatic carboxylic acids is 1. The molecule has 0 spiro atoms. The van der Waals surface area contributed by atoms with Crippen molar-refractivity contribution in [2.24, 2.45) is 5.92 Å². The Kier molecular flexibility index (Phi) is 2.82. The van der Waals surface area contributed by atoms with Gasteiger partial charge in [-0.2, -0.15) is 0 Å². The summed E-state index contributed by atoms with van der Waals surface area (Å²) in [6, 6.07) is 7.49. The van der Waals surface area contributed by atoms with Crippen LogP contribution in [0.1, 0.15) is 36.0 Å². The summed E-state index contributed by atoms with van der Waals surface area (Å²) in [5.41, 5.74) is 1.28. The van der Waals surface area contributed by atoms with Crippen molar-refractivity contribution in [3.8, 4) is 0 Å². The summed E-state index contributed by atoms with van der Waals surface area (Å²) in [6.07, 6.45) is 7.20. The lowest BCUT2D eigenvalue weighted by Crippen LogP contribution is -2.08. The van der Waals surface area contributed by atoms with E-state index in [0.717, 1.165) is 17.4 Å². The Morgan fingerprint density at radius 3 is 2.78 bits per heavy atom. The minimum atomic E-state index is -0.841. The fourth-order valence-corrected chi connectivity index (χ4v) is 3.06. The molecule has 1 aromatic heterocycles. The van der Waals surface area contributed by atoms with Gasteiger partial charge in [-0.1, -0.05) is 25.0 Å². The van der Waals surface area contributed by atoms with Crippen LogP contribution in [0.3, 0.4) is 0 Å². The third kappa shape index (κ3) is 1.90. The van der Waals surface area contributed by atoms with Gasteiger partial charge in [0, 0.05) is 18.1 Å². The summed E-state index contributed by atoms with van der Waals surface area (Å²) in [4.78, 5) is 11.3. The maximum atomic E-state index is 11.3. The van der Waals surface area contributed by atoms with E-state index in [9.17, 15) is 9.90 Å². The molecule has 0 unspecified atom stereocenters. The zero-order valence-corrected chi connectivity index (χ0v) is 10.3. The molecule has 1 heterocycles. The molecular formula is C15H17NO2. The molecule has 0 saturated heterocycles. The molecule has 1 aliphatic carbocycles. The molecule has 94 valence electrons. The van der Waals surface area contributed by atoms with Gasteiger partial charge < -0.3 is 9.67 Å². The van der Waals surface area contributed by atoms with Crippen LogP contribution in [-0.4, -0.2) is 15.6 Å². The Labute approximate surface area is 106 Å². The molecule has 0 amide bonds. The number of carbonyl (C=O) groups is 1. The molecular weight excluding hydrogens is 226 g/mol. The second-order valence-corrected chi connectivity index (χ2v) is 5.17. The SMILES string of the molecule is O=C(O)c1cccc2ccn(CC3CCCC3)c12. The van der Waals surface area contributed by atoms with Crippen molar-refractivity contribution in [1.29, 1.82) is 0 Å². The van der Waals surface area contributed by atoms with Gasteiger partial charge in [0.15, 0.2) is 0 Å². The molecule has 3 rings (SSSR count). The van der Waals surface area contributed by atoms with Crippen LogP contribution < -0.4 is 0 Å². The number of carboxylic acid groups (broad SMARTS) is 1. The Morgan fingerprint density at radius 1 is 1.28 bits per heavy atom. The maximum absolute atomic E-state index is 11.3. The van der Waals surface area contributed by atoms with E-state index in [2.05, 4.69) is 4.57 Å². The quantitative estimate of drug-likeness (QED) is 0.896. The summed E-state index contributed by atoms with van der Waals surface area (Å²) < 4.78 is 2.12. The average molecular weight is 243 g/mol. The van der Waals surface area contributed by atoms with Crippen molar-refractivity contribution in [3.05, 3.63) is 36.0 Å². The van der Waals surface area contributed by atoms with Gasteiger partial charge in [0.2, 0.25) is 0 Å². The standard InChI is InChI=1S/C15H17NO2/c17-15(18)13-7-3-6-12-8-9-16(14(12)13)10-11-4-1-2-5-11/h3,6-9,11H,1-2,4-5,10H2,(H,17,18). The van der Waals surface area contributed by atoms with E-state index in [4.69, 9.17) is 0 Å². The van der Waals surface area contributed by atoms with Gasteiger partial charge in [-0.3, -0.25) is 0 Å². The Morgan fingerprint density at radius 2 is 2.06 bits per heavy atom. The monoisotopic (exact) mass is 243 g/mol. The number of hydrogen-bond donors (Lipinski definition) is 1. The number of carboxylic acids is 1. The highest BCUT2D eigenvalue weighted by molar-refractivity contribution is 6.02. The summed E-state index contributed by atoms with van der Waals surface area (Å²) >= 11 is 0. The van der Waals surface area contributed by atoms with Crippen LogP contribution in [0.25, 0.3) is 10.9 Å². The predicted octanol–water partition coefficient (Wildman–Crippen LogP) is 3.53. The smallest absolute Gasteiger partial charge is 0.337 e. The van der Waals surface area contributed by atoms with Gasteiger partial charge in [0.25, 0.3) is 0 Å². The zero-order chi connectivity index (χ0) is 12.5. The molecule has 2 aromatic rings. The molecule has 1 aliphatic rings. The molecule has 1 N–H and O–H groups in total. The number of hydrogen-bond acceptors (Lipinski definition) is 1. The van der Waals surface area contributed by atoms with Gasteiger partial charge in [-0.25, -0.2) is 4.79 Å². The van der Waals surface area contributed by atoms with E-state index in [1.54, 1.807) is 6.07 Å². The summed E-state index contributed by atoms with van der Waals surface area (Å²) in [5.74, 6) is -0.130. The van der Waals surface area contributed by atoms with Crippen molar-refractivity contribution in [2.45, 2.75) is 32.2 Å². The molecule has 18 heavy (non-hydrogen) atoms. The topological polar surface area (TPSA) is 42.2 Å². The molecule has 1 aromatic carbocycles. The van der Waals surface area contributed by atoms with E-state index in [-0.39, 0.29) is 0 Å². The van der Waals surface area contributed by atoms with Crippen LogP contribution >= 0.6 is 0 Å². The van der Waals surface area contributed by atoms with Crippen molar-refractivity contribution < 1.29 is 9.90 Å². The second-order valence-electron chi connectivity index (χ2n) is 5.17. The first kappa shape index (κ1) is 11.3. The van der Waals surface area contributed by atoms with E-state index < -0.39 is 5.97 Å². The summed E-state index contributed by atoms with van der Waals surface area (Å²) in [7, 11) is 0. The molecule has 3 heteroatoms. The average Bonchev–Trinajstić information content (AvgIpc) is 2.99. The van der Waals surface area contributed by atoms with E-state index in [1.165, 1.54) is 25.7 Å². The zero-order valence-electron chi connectivity index (χ0n) is 10.3. The van der Waals surface area contributed by atoms with Crippen molar-refractivity contribution in [2.75, 3.05) is 0 Å². The van der Waals surface area contributed by atoms with Crippen LogP contribution in [-0.2, 0) is 6.54 Å². The summed E-state index contributed by atoms with van der Waals surface area (Å²) in [5, 5.41) is 10.3. The third-order valence-electron chi connectivity index (χ3n) is 3.95. The lowest BCUT2D eigenvalue weighted by atomic mass is 10.1. The van der Waals surface area contributed by atoms with Gasteiger partial charge in [0.1, 0.15) is 0 Å². The number of rotatable bonds is 3. The van der Waals surface area contributed by atoms with E-state index in [0.29, 0.717) is 11.5 Å². The first-order chi connectivity index (χ1) is 8.75. The lowest BCUT2D eigenvalue weighted by molar-refractivity contribution is 0.0698. The molecule has 1 fully saturated rings. The fraction of sp³-hybridized carbons (Fsp3) is 0.400. The first-order valence-corrected chi connectivity index (χ1v) is 6.57. The minimum Gasteiger partial charge on any atom is -0.478 e. The number of benzene rings is 1. The van der Waals surface area contributed by atoms with Crippen LogP contribution in [0, 0.1) is 5.92 Å². The van der Waals surface area contributed by atoms with E-state index in [1.807, 2.05) is 24.4 Å². The van der Waals surface area contributed by atoms with Crippen LogP contribution in [0.4, 0.5) is 0 Å². The molecule has 1 saturated carbocycles. The third-order valence-corrected chi connectivity index (χ3v) is 3.95. The Balaban J connectivity index is 2.03. The van der Waals surface area contributed by atoms with Crippen molar-refractivity contribution in [1.82, 2.24) is 4.57 Å². The van der Waals surface area contributed by atoms with Gasteiger partial charge in [-0.15, -0.1) is 0 Å². The molecule has 0 aliphatic heterocycles. The number of aromatic nitrogens is 1. The molecule has 0 bridgehead atoms. The van der Waals surface area contributed by atoms with Gasteiger partial charge >= 0.3 is 5.97 Å². The number of nitrogens with zero attached hydrogens (tertiary/aromatic N) is 1. The van der Waals surface area contributed by atoms with Crippen LogP contribution in [0.15, 0.2) is 30.5 Å². The Bertz CT molecular complexity index is 579. The second kappa shape index (κ2) is 4.48. The first-order valence-electron chi connectivity index (χ1n) is 6.57. The lowest BCUT2D eigenvalue weighted by Gasteiger charge is -2.12. The molecule has 0 atom stereocenters.